The van der Waals surface area contributed by atoms with Crippen molar-refractivity contribution in [2.24, 2.45) is 0 Å². The number of benzene rings is 2. The lowest BCUT2D eigenvalue weighted by atomic mass is 9.92. The fourth-order valence-electron chi connectivity index (χ4n) is 6.59. The Morgan fingerprint density at radius 1 is 1.13 bits per heavy atom. The standard InChI is InChI=1S/C37H45FN4O5/c1-22-18-27-25-11-8-12-26(19-25)29-21-31-39-24(3)32(33(35(43)44)47-36(4,5)6)34(42(31)40-29)41-15-13-37(7,14-16-41)45-17-9-10-23(2)46-30(27)20-28(22)38/h8,11-12,18-21,23,33H,9-10,13-17H2,1-7H3,(H,43,44). The lowest BCUT2D eigenvalue weighted by Gasteiger charge is -2.41. The molecule has 7 rings (SSSR count). The van der Waals surface area contributed by atoms with Gasteiger partial charge >= 0.3 is 5.97 Å². The summed E-state index contributed by atoms with van der Waals surface area (Å²) in [5.74, 6) is -0.228. The van der Waals surface area contributed by atoms with E-state index in [0.717, 1.165) is 42.4 Å². The van der Waals surface area contributed by atoms with Gasteiger partial charge < -0.3 is 24.2 Å². The van der Waals surface area contributed by atoms with E-state index in [1.54, 1.807) is 11.4 Å². The van der Waals surface area contributed by atoms with E-state index in [2.05, 4.69) is 11.8 Å². The number of carboxylic acids is 1. The molecule has 2 unspecified atom stereocenters. The van der Waals surface area contributed by atoms with Gasteiger partial charge in [-0.25, -0.2) is 14.2 Å². The van der Waals surface area contributed by atoms with E-state index >= 15 is 0 Å². The number of anilines is 1. The number of halogens is 1. The van der Waals surface area contributed by atoms with Crippen LogP contribution in [0.2, 0.25) is 0 Å². The van der Waals surface area contributed by atoms with Crippen LogP contribution in [0, 0.1) is 19.7 Å². The van der Waals surface area contributed by atoms with Gasteiger partial charge in [-0.1, -0.05) is 18.2 Å². The lowest BCUT2D eigenvalue weighted by Crippen LogP contribution is -2.46. The van der Waals surface area contributed by atoms with Gasteiger partial charge in [-0.2, -0.15) is 9.61 Å². The molecule has 0 aliphatic carbocycles. The van der Waals surface area contributed by atoms with Crippen LogP contribution >= 0.6 is 0 Å². The summed E-state index contributed by atoms with van der Waals surface area (Å²) in [7, 11) is 0. The zero-order chi connectivity index (χ0) is 33.7. The van der Waals surface area contributed by atoms with E-state index in [4.69, 9.17) is 24.3 Å². The van der Waals surface area contributed by atoms with Crippen LogP contribution in [0.1, 0.15) is 83.2 Å². The average molecular weight is 645 g/mol. The second kappa shape index (κ2) is 12.5. The number of rotatable bonds is 3. The van der Waals surface area contributed by atoms with Gasteiger partial charge in [0.25, 0.3) is 0 Å². The minimum Gasteiger partial charge on any atom is -0.490 e. The molecule has 1 fully saturated rings. The van der Waals surface area contributed by atoms with Crippen molar-refractivity contribution in [2.75, 3.05) is 24.6 Å². The van der Waals surface area contributed by atoms with Crippen molar-refractivity contribution in [2.45, 2.75) is 97.6 Å². The Bertz CT molecular complexity index is 1800. The molecule has 1 N–H and O–H groups in total. The van der Waals surface area contributed by atoms with Gasteiger partial charge in [0.1, 0.15) is 17.4 Å². The zero-order valence-corrected chi connectivity index (χ0v) is 28.4. The lowest BCUT2D eigenvalue weighted by molar-refractivity contribution is -0.160. The summed E-state index contributed by atoms with van der Waals surface area (Å²) in [5, 5.41) is 15.5. The minimum absolute atomic E-state index is 0.139. The largest absolute Gasteiger partial charge is 0.490 e. The first-order valence-corrected chi connectivity index (χ1v) is 16.5. The highest BCUT2D eigenvalue weighted by molar-refractivity contribution is 5.80. The molecule has 2 aromatic heterocycles. The van der Waals surface area contributed by atoms with Gasteiger partial charge in [0.2, 0.25) is 0 Å². The summed E-state index contributed by atoms with van der Waals surface area (Å²) in [6.07, 6.45) is 1.68. The number of hydrogen-bond donors (Lipinski definition) is 1. The number of aryl methyl sites for hydroxylation is 2. The fourth-order valence-corrected chi connectivity index (χ4v) is 6.59. The van der Waals surface area contributed by atoms with E-state index in [1.165, 1.54) is 6.07 Å². The highest BCUT2D eigenvalue weighted by atomic mass is 19.1. The highest BCUT2D eigenvalue weighted by Gasteiger charge is 2.38. The number of piperidine rings is 1. The maximum absolute atomic E-state index is 14.8. The van der Waals surface area contributed by atoms with Crippen LogP contribution in [0.25, 0.3) is 28.0 Å². The maximum atomic E-state index is 14.8. The van der Waals surface area contributed by atoms with Crippen molar-refractivity contribution >= 4 is 17.4 Å². The number of aromatic nitrogens is 3. The third-order valence-corrected chi connectivity index (χ3v) is 9.15. The highest BCUT2D eigenvalue weighted by Crippen LogP contribution is 2.40. The molecule has 3 aliphatic rings. The van der Waals surface area contributed by atoms with E-state index in [1.807, 2.05) is 71.0 Å². The van der Waals surface area contributed by atoms with Gasteiger partial charge in [0.15, 0.2) is 11.8 Å². The van der Waals surface area contributed by atoms with Crippen molar-refractivity contribution in [3.05, 3.63) is 65.1 Å². The molecule has 0 spiro atoms. The average Bonchev–Trinajstić information content (AvgIpc) is 3.43. The van der Waals surface area contributed by atoms with Crippen LogP contribution in [-0.2, 0) is 14.3 Å². The van der Waals surface area contributed by atoms with Crippen LogP contribution in [0.15, 0.2) is 42.5 Å². The van der Waals surface area contributed by atoms with Crippen LogP contribution in [0.5, 0.6) is 5.75 Å². The van der Waals surface area contributed by atoms with E-state index in [0.29, 0.717) is 59.4 Å². The summed E-state index contributed by atoms with van der Waals surface area (Å²) >= 11 is 0. The van der Waals surface area contributed by atoms with Crippen molar-refractivity contribution in [3.8, 4) is 28.1 Å². The first-order valence-electron chi connectivity index (χ1n) is 16.5. The van der Waals surface area contributed by atoms with E-state index in [9.17, 15) is 14.3 Å². The SMILES string of the molecule is Cc1cc2c(cc1F)OC(C)CCCOC1(C)CCN(CC1)c1c(C(OC(C)(C)C)C(=O)O)c(C)nc3cc(nn13)-c1cccc-2c1. The van der Waals surface area contributed by atoms with Gasteiger partial charge in [-0.15, -0.1) is 0 Å². The predicted octanol–water partition coefficient (Wildman–Crippen LogP) is 7.70. The van der Waals surface area contributed by atoms with Crippen LogP contribution in [0.4, 0.5) is 10.2 Å². The van der Waals surface area contributed by atoms with Gasteiger partial charge in [0.05, 0.1) is 28.6 Å². The normalized spacial score (nSPS) is 21.1. The van der Waals surface area contributed by atoms with Crippen molar-refractivity contribution < 1.29 is 28.5 Å². The Hall–Kier alpha value is -4.02. The molecule has 3 aliphatic heterocycles. The van der Waals surface area contributed by atoms with Crippen molar-refractivity contribution in [1.29, 1.82) is 0 Å². The third kappa shape index (κ3) is 6.85. The number of ether oxygens (including phenoxy) is 3. The van der Waals surface area contributed by atoms with Crippen LogP contribution in [-0.4, -0.2) is 62.7 Å². The molecule has 10 heteroatoms. The molecule has 0 saturated carbocycles. The van der Waals surface area contributed by atoms with Crippen LogP contribution in [0.3, 0.4) is 0 Å². The molecule has 0 radical (unpaired) electrons. The van der Waals surface area contributed by atoms with Gasteiger partial charge in [0, 0.05) is 48.6 Å². The summed E-state index contributed by atoms with van der Waals surface area (Å²) in [4.78, 5) is 19.9. The number of aliphatic carboxylic acids is 1. The minimum atomic E-state index is -1.24. The molecule has 1 saturated heterocycles. The molecule has 9 nitrogen and oxygen atoms in total. The number of hydrogen-bond acceptors (Lipinski definition) is 7. The number of fused-ring (bicyclic) bond motifs is 7. The van der Waals surface area contributed by atoms with Crippen LogP contribution < -0.4 is 9.64 Å². The number of carbonyl (C=O) groups is 1. The summed E-state index contributed by atoms with van der Waals surface area (Å²) < 4.78 is 35.6. The Morgan fingerprint density at radius 2 is 1.85 bits per heavy atom. The first kappa shape index (κ1) is 32.9. The molecule has 6 bridgehead atoms. The van der Waals surface area contributed by atoms with Gasteiger partial charge in [-0.3, -0.25) is 0 Å². The molecule has 2 aromatic carbocycles. The first-order chi connectivity index (χ1) is 22.2. The Morgan fingerprint density at radius 3 is 2.55 bits per heavy atom. The molecule has 2 atom stereocenters. The quantitative estimate of drug-likeness (QED) is 0.242. The second-order valence-electron chi connectivity index (χ2n) is 14.2. The van der Waals surface area contributed by atoms with E-state index in [-0.39, 0.29) is 17.5 Å². The van der Waals surface area contributed by atoms with Crippen molar-refractivity contribution in [1.82, 2.24) is 14.6 Å². The van der Waals surface area contributed by atoms with Crippen molar-refractivity contribution in [3.63, 3.8) is 0 Å². The smallest absolute Gasteiger partial charge is 0.337 e. The van der Waals surface area contributed by atoms with Gasteiger partial charge in [-0.05, 0) is 97.4 Å². The Kier molecular flexibility index (Phi) is 8.78. The summed E-state index contributed by atoms with van der Waals surface area (Å²) in [5.41, 5.74) is 4.36. The summed E-state index contributed by atoms with van der Waals surface area (Å²) in [6.45, 7) is 15.2. The van der Waals surface area contributed by atoms with E-state index < -0.39 is 17.7 Å². The molecular formula is C37H45FN4O5. The predicted molar refractivity (Wildman–Crippen MR) is 180 cm³/mol. The molecule has 0 amide bonds. The Labute approximate surface area is 275 Å². The zero-order valence-electron chi connectivity index (χ0n) is 28.4. The third-order valence-electron chi connectivity index (χ3n) is 9.15. The molecule has 47 heavy (non-hydrogen) atoms. The molecule has 5 heterocycles. The molecular weight excluding hydrogens is 599 g/mol. The Balaban J connectivity index is 1.56. The number of nitrogens with zero attached hydrogens (tertiary/aromatic N) is 4. The fraction of sp³-hybridized carbons (Fsp3) is 0.486. The second-order valence-corrected chi connectivity index (χ2v) is 14.2. The molecule has 4 aromatic rings. The maximum Gasteiger partial charge on any atom is 0.337 e. The monoisotopic (exact) mass is 644 g/mol. The topological polar surface area (TPSA) is 98.4 Å². The molecule has 250 valence electrons. The summed E-state index contributed by atoms with van der Waals surface area (Å²) in [6, 6.07) is 13.2. The number of carboxylic acid groups (broad SMARTS) is 1.